The Morgan fingerprint density at radius 3 is 2.67 bits per heavy atom. The van der Waals surface area contributed by atoms with E-state index in [0.29, 0.717) is 22.8 Å². The fourth-order valence-corrected chi connectivity index (χ4v) is 2.35. The zero-order valence-corrected chi connectivity index (χ0v) is 14.3. The molecule has 0 spiro atoms. The van der Waals surface area contributed by atoms with Gasteiger partial charge in [0, 0.05) is 29.4 Å². The number of hydrogen-bond acceptors (Lipinski definition) is 4. The Morgan fingerprint density at radius 1 is 1.17 bits per heavy atom. The van der Waals surface area contributed by atoms with Crippen LogP contribution in [0.5, 0.6) is 0 Å². The van der Waals surface area contributed by atoms with E-state index in [4.69, 9.17) is 11.6 Å². The van der Waals surface area contributed by atoms with Crippen LogP contribution in [0.4, 0.5) is 11.4 Å². The van der Waals surface area contributed by atoms with Crippen LogP contribution in [0.3, 0.4) is 0 Å². The van der Waals surface area contributed by atoms with Crippen molar-refractivity contribution < 1.29 is 14.3 Å². The van der Waals surface area contributed by atoms with Gasteiger partial charge in [0.25, 0.3) is 0 Å². The first-order valence-electron chi connectivity index (χ1n) is 7.48. The Labute approximate surface area is 146 Å². The van der Waals surface area contributed by atoms with E-state index in [1.165, 1.54) is 7.11 Å². The number of methoxy groups -OCH3 is 1. The number of esters is 1. The smallest absolute Gasteiger partial charge is 0.337 e. The number of amides is 1. The summed E-state index contributed by atoms with van der Waals surface area (Å²) in [5.41, 5.74) is 2.80. The highest BCUT2D eigenvalue weighted by atomic mass is 35.5. The fraction of sp³-hybridized carbons (Fsp3) is 0.222. The van der Waals surface area contributed by atoms with E-state index < -0.39 is 5.97 Å². The molecular weight excluding hydrogens is 328 g/mol. The molecular formula is C18H19ClN2O3. The van der Waals surface area contributed by atoms with Gasteiger partial charge in [-0.2, -0.15) is 0 Å². The maximum Gasteiger partial charge on any atom is 0.337 e. The zero-order chi connectivity index (χ0) is 17.5. The van der Waals surface area contributed by atoms with Gasteiger partial charge in [-0.25, -0.2) is 4.79 Å². The topological polar surface area (TPSA) is 67.4 Å². The summed E-state index contributed by atoms with van der Waals surface area (Å²) in [5, 5.41) is 6.63. The van der Waals surface area contributed by atoms with Crippen molar-refractivity contribution in [1.82, 2.24) is 0 Å². The second-order valence-corrected chi connectivity index (χ2v) is 5.62. The Hall–Kier alpha value is -2.53. The number of carbonyl (C=O) groups excluding carboxylic acids is 2. The van der Waals surface area contributed by atoms with Crippen molar-refractivity contribution in [3.05, 3.63) is 58.6 Å². The molecule has 2 aromatic carbocycles. The van der Waals surface area contributed by atoms with Gasteiger partial charge in [-0.15, -0.1) is 0 Å². The highest BCUT2D eigenvalue weighted by Crippen LogP contribution is 2.22. The van der Waals surface area contributed by atoms with Gasteiger partial charge in [0.15, 0.2) is 0 Å². The average Bonchev–Trinajstić information content (AvgIpc) is 2.58. The Morgan fingerprint density at radius 2 is 1.92 bits per heavy atom. The third-order valence-electron chi connectivity index (χ3n) is 3.50. The second kappa shape index (κ2) is 8.36. The average molecular weight is 347 g/mol. The van der Waals surface area contributed by atoms with Crippen molar-refractivity contribution in [2.24, 2.45) is 0 Å². The molecule has 0 unspecified atom stereocenters. The zero-order valence-electron chi connectivity index (χ0n) is 13.6. The van der Waals surface area contributed by atoms with Gasteiger partial charge in [0.05, 0.1) is 12.7 Å². The Kier molecular flexibility index (Phi) is 6.21. The first kappa shape index (κ1) is 17.8. The van der Waals surface area contributed by atoms with Crippen molar-refractivity contribution >= 4 is 34.9 Å². The van der Waals surface area contributed by atoms with Crippen molar-refractivity contribution in [2.45, 2.75) is 13.3 Å². The molecule has 0 bridgehead atoms. The van der Waals surface area contributed by atoms with Crippen LogP contribution < -0.4 is 10.6 Å². The van der Waals surface area contributed by atoms with E-state index in [1.807, 2.05) is 25.1 Å². The molecule has 0 heterocycles. The standard InChI is InChI=1S/C18H19ClN2O3/c1-12-15(19)7-4-8-16(12)20-10-9-17(22)21-14-6-3-5-13(11-14)18(23)24-2/h3-8,11,20H,9-10H2,1-2H3,(H,21,22). The van der Waals surface area contributed by atoms with Gasteiger partial charge in [-0.05, 0) is 42.8 Å². The first-order chi connectivity index (χ1) is 11.5. The first-order valence-corrected chi connectivity index (χ1v) is 7.86. The number of benzene rings is 2. The van der Waals surface area contributed by atoms with Gasteiger partial charge >= 0.3 is 5.97 Å². The molecule has 0 aromatic heterocycles. The quantitative estimate of drug-likeness (QED) is 0.779. The molecule has 0 fully saturated rings. The molecule has 2 rings (SSSR count). The molecule has 0 aliphatic heterocycles. The van der Waals surface area contributed by atoms with Crippen molar-refractivity contribution in [2.75, 3.05) is 24.3 Å². The molecule has 5 nitrogen and oxygen atoms in total. The van der Waals surface area contributed by atoms with Gasteiger partial charge in [0.2, 0.25) is 5.91 Å². The molecule has 0 aliphatic rings. The summed E-state index contributed by atoms with van der Waals surface area (Å²) in [5.74, 6) is -0.589. The van der Waals surface area contributed by atoms with Crippen LogP contribution in [0, 0.1) is 6.92 Å². The minimum Gasteiger partial charge on any atom is -0.465 e. The van der Waals surface area contributed by atoms with Crippen LogP contribution in [0.1, 0.15) is 22.3 Å². The molecule has 6 heteroatoms. The molecule has 0 saturated heterocycles. The van der Waals surface area contributed by atoms with E-state index in [0.717, 1.165) is 11.3 Å². The number of nitrogens with one attached hydrogen (secondary N) is 2. The molecule has 2 aromatic rings. The minimum absolute atomic E-state index is 0.149. The van der Waals surface area contributed by atoms with Crippen LogP contribution in [0.15, 0.2) is 42.5 Å². The van der Waals surface area contributed by atoms with Crippen molar-refractivity contribution in [1.29, 1.82) is 0 Å². The number of anilines is 2. The summed E-state index contributed by atoms with van der Waals surface area (Å²) >= 11 is 6.06. The van der Waals surface area contributed by atoms with E-state index in [2.05, 4.69) is 15.4 Å². The Balaban J connectivity index is 1.87. The highest BCUT2D eigenvalue weighted by Gasteiger charge is 2.08. The van der Waals surface area contributed by atoms with Gasteiger partial charge in [0.1, 0.15) is 0 Å². The van der Waals surface area contributed by atoms with E-state index in [9.17, 15) is 9.59 Å². The lowest BCUT2D eigenvalue weighted by atomic mass is 10.2. The lowest BCUT2D eigenvalue weighted by molar-refractivity contribution is -0.115. The van der Waals surface area contributed by atoms with Crippen LogP contribution in [0.25, 0.3) is 0 Å². The van der Waals surface area contributed by atoms with Gasteiger partial charge in [-0.1, -0.05) is 23.7 Å². The van der Waals surface area contributed by atoms with Crippen LogP contribution in [-0.4, -0.2) is 25.5 Å². The lowest BCUT2D eigenvalue weighted by Crippen LogP contribution is -2.16. The van der Waals surface area contributed by atoms with Crippen LogP contribution >= 0.6 is 11.6 Å². The summed E-state index contributed by atoms with van der Waals surface area (Å²) in [7, 11) is 1.32. The Bertz CT molecular complexity index is 747. The monoisotopic (exact) mass is 346 g/mol. The van der Waals surface area contributed by atoms with E-state index in [1.54, 1.807) is 24.3 Å². The number of halogens is 1. The second-order valence-electron chi connectivity index (χ2n) is 5.21. The van der Waals surface area contributed by atoms with Crippen molar-refractivity contribution in [3.8, 4) is 0 Å². The SMILES string of the molecule is COC(=O)c1cccc(NC(=O)CCNc2cccc(Cl)c2C)c1. The van der Waals surface area contributed by atoms with E-state index >= 15 is 0 Å². The molecule has 0 aliphatic carbocycles. The predicted molar refractivity (Wildman–Crippen MR) is 95.7 cm³/mol. The van der Waals surface area contributed by atoms with Gasteiger partial charge in [-0.3, -0.25) is 4.79 Å². The summed E-state index contributed by atoms with van der Waals surface area (Å²) in [6.07, 6.45) is 0.286. The molecule has 0 atom stereocenters. The summed E-state index contributed by atoms with van der Waals surface area (Å²) < 4.78 is 4.66. The number of ether oxygens (including phenoxy) is 1. The summed E-state index contributed by atoms with van der Waals surface area (Å²) in [6.45, 7) is 2.40. The normalized spacial score (nSPS) is 10.1. The summed E-state index contributed by atoms with van der Waals surface area (Å²) in [4.78, 5) is 23.5. The number of carbonyl (C=O) groups is 2. The molecule has 2 N–H and O–H groups in total. The lowest BCUT2D eigenvalue weighted by Gasteiger charge is -2.11. The van der Waals surface area contributed by atoms with Crippen molar-refractivity contribution in [3.63, 3.8) is 0 Å². The minimum atomic E-state index is -0.441. The maximum atomic E-state index is 12.0. The predicted octanol–water partition coefficient (Wildman–Crippen LogP) is 3.88. The number of rotatable bonds is 6. The highest BCUT2D eigenvalue weighted by molar-refractivity contribution is 6.31. The molecule has 1 amide bonds. The van der Waals surface area contributed by atoms with Crippen LogP contribution in [-0.2, 0) is 9.53 Å². The fourth-order valence-electron chi connectivity index (χ4n) is 2.17. The van der Waals surface area contributed by atoms with Crippen LogP contribution in [0.2, 0.25) is 5.02 Å². The molecule has 0 saturated carbocycles. The largest absolute Gasteiger partial charge is 0.465 e. The molecule has 0 radical (unpaired) electrons. The summed E-state index contributed by atoms with van der Waals surface area (Å²) in [6, 6.07) is 12.2. The van der Waals surface area contributed by atoms with E-state index in [-0.39, 0.29) is 12.3 Å². The van der Waals surface area contributed by atoms with Gasteiger partial charge < -0.3 is 15.4 Å². The molecule has 126 valence electrons. The molecule has 24 heavy (non-hydrogen) atoms. The number of hydrogen-bond donors (Lipinski definition) is 2. The third-order valence-corrected chi connectivity index (χ3v) is 3.91. The third kappa shape index (κ3) is 4.73. The maximum absolute atomic E-state index is 12.0.